The highest BCUT2D eigenvalue weighted by Gasteiger charge is 2.26. The second kappa shape index (κ2) is 4.28. The predicted octanol–water partition coefficient (Wildman–Crippen LogP) is 3.40. The smallest absolute Gasteiger partial charge is 0.192 e. The van der Waals surface area contributed by atoms with Crippen LogP contribution in [-0.4, -0.2) is 12.4 Å². The molecule has 0 spiro atoms. The number of para-hydroxylation sites is 1. The third-order valence-corrected chi connectivity index (χ3v) is 3.58. The average molecular weight is 215 g/mol. The molecule has 84 valence electrons. The molecule has 3 rings (SSSR count). The van der Waals surface area contributed by atoms with Crippen LogP contribution in [0.15, 0.2) is 29.3 Å². The molecule has 16 heavy (non-hydrogen) atoms. The molecule has 1 atom stereocenters. The van der Waals surface area contributed by atoms with Crippen molar-refractivity contribution < 1.29 is 4.74 Å². The van der Waals surface area contributed by atoms with Gasteiger partial charge in [0, 0.05) is 17.7 Å². The van der Waals surface area contributed by atoms with Gasteiger partial charge in [0.25, 0.3) is 0 Å². The van der Waals surface area contributed by atoms with E-state index in [0.29, 0.717) is 5.92 Å². The molecule has 2 nitrogen and oxygen atoms in total. The molecule has 2 aliphatic rings. The van der Waals surface area contributed by atoms with Crippen molar-refractivity contribution in [2.45, 2.75) is 38.3 Å². The normalized spacial score (nSPS) is 24.9. The largest absolute Gasteiger partial charge is 0.468 e. The molecule has 0 amide bonds. The minimum absolute atomic E-state index is 0.0650. The number of nitrogens with zero attached hydrogens (tertiary/aromatic N) is 1. The van der Waals surface area contributed by atoms with Crippen molar-refractivity contribution in [1.82, 2.24) is 0 Å². The van der Waals surface area contributed by atoms with E-state index in [1.165, 1.54) is 32.1 Å². The summed E-state index contributed by atoms with van der Waals surface area (Å²) in [5, 5.41) is 0. The number of benzene rings is 1. The van der Waals surface area contributed by atoms with Gasteiger partial charge >= 0.3 is 0 Å². The van der Waals surface area contributed by atoms with Crippen molar-refractivity contribution in [1.29, 1.82) is 0 Å². The highest BCUT2D eigenvalue weighted by atomic mass is 16.5. The average Bonchev–Trinajstić information content (AvgIpc) is 2.39. The van der Waals surface area contributed by atoms with Crippen molar-refractivity contribution in [2.24, 2.45) is 10.9 Å². The van der Waals surface area contributed by atoms with Gasteiger partial charge in [-0.15, -0.1) is 0 Å². The molecule has 0 radical (unpaired) electrons. The van der Waals surface area contributed by atoms with Crippen LogP contribution in [0.1, 0.15) is 37.7 Å². The Morgan fingerprint density at radius 2 is 1.88 bits per heavy atom. The Morgan fingerprint density at radius 1 is 1.06 bits per heavy atom. The van der Waals surface area contributed by atoms with Gasteiger partial charge in [0.05, 0.1) is 0 Å². The van der Waals surface area contributed by atoms with Crippen LogP contribution in [0.4, 0.5) is 0 Å². The quantitative estimate of drug-likeness (QED) is 0.703. The Bertz CT molecular complexity index is 393. The fraction of sp³-hybridized carbons (Fsp3) is 0.500. The van der Waals surface area contributed by atoms with E-state index in [0.717, 1.165) is 11.3 Å². The summed E-state index contributed by atoms with van der Waals surface area (Å²) >= 11 is 0. The van der Waals surface area contributed by atoms with Gasteiger partial charge in [-0.25, -0.2) is 4.99 Å². The molecular weight excluding hydrogens is 198 g/mol. The van der Waals surface area contributed by atoms with Gasteiger partial charge in [-0.1, -0.05) is 31.4 Å². The second-order valence-corrected chi connectivity index (χ2v) is 4.72. The third kappa shape index (κ3) is 1.84. The number of ether oxygens (including phenoxy) is 1. The molecular formula is C14H17NO. The highest BCUT2D eigenvalue weighted by Crippen LogP contribution is 2.32. The maximum atomic E-state index is 5.97. The third-order valence-electron chi connectivity index (χ3n) is 3.58. The highest BCUT2D eigenvalue weighted by molar-refractivity contribution is 5.84. The van der Waals surface area contributed by atoms with E-state index < -0.39 is 0 Å². The second-order valence-electron chi connectivity index (χ2n) is 4.72. The summed E-state index contributed by atoms with van der Waals surface area (Å²) in [7, 11) is 0. The molecule has 2 heteroatoms. The first-order chi connectivity index (χ1) is 7.93. The van der Waals surface area contributed by atoms with Crippen LogP contribution >= 0.6 is 0 Å². The van der Waals surface area contributed by atoms with Gasteiger partial charge in [0.2, 0.25) is 0 Å². The Labute approximate surface area is 96.3 Å². The van der Waals surface area contributed by atoms with Crippen LogP contribution in [-0.2, 0) is 0 Å². The van der Waals surface area contributed by atoms with E-state index in [1.54, 1.807) is 0 Å². The molecule has 0 N–H and O–H groups in total. The topological polar surface area (TPSA) is 21.6 Å². The summed E-state index contributed by atoms with van der Waals surface area (Å²) in [5.41, 5.74) is 1.11. The summed E-state index contributed by atoms with van der Waals surface area (Å²) in [4.78, 5) is 4.55. The molecule has 0 aromatic heterocycles. The molecule has 0 bridgehead atoms. The van der Waals surface area contributed by atoms with Crippen molar-refractivity contribution >= 4 is 6.21 Å². The zero-order valence-corrected chi connectivity index (χ0v) is 9.43. The first-order valence-corrected chi connectivity index (χ1v) is 6.22. The van der Waals surface area contributed by atoms with Crippen molar-refractivity contribution in [3.8, 4) is 5.75 Å². The molecule has 1 aliphatic heterocycles. The summed E-state index contributed by atoms with van der Waals surface area (Å²) < 4.78 is 5.97. The lowest BCUT2D eigenvalue weighted by Crippen LogP contribution is -2.29. The van der Waals surface area contributed by atoms with Crippen LogP contribution in [0.2, 0.25) is 0 Å². The monoisotopic (exact) mass is 215 g/mol. The van der Waals surface area contributed by atoms with E-state index in [9.17, 15) is 0 Å². The van der Waals surface area contributed by atoms with Crippen molar-refractivity contribution in [2.75, 3.05) is 0 Å². The lowest BCUT2D eigenvalue weighted by Gasteiger charge is -2.30. The first-order valence-electron chi connectivity index (χ1n) is 6.22. The van der Waals surface area contributed by atoms with Gasteiger partial charge in [-0.2, -0.15) is 0 Å². The summed E-state index contributed by atoms with van der Waals surface area (Å²) in [6.07, 6.45) is 8.62. The minimum atomic E-state index is 0.0650. The summed E-state index contributed by atoms with van der Waals surface area (Å²) in [6, 6.07) is 8.14. The number of fused-ring (bicyclic) bond motifs is 1. The van der Waals surface area contributed by atoms with Gasteiger partial charge < -0.3 is 4.74 Å². The molecule has 1 heterocycles. The van der Waals surface area contributed by atoms with E-state index >= 15 is 0 Å². The number of hydrogen-bond acceptors (Lipinski definition) is 2. The maximum Gasteiger partial charge on any atom is 0.192 e. The van der Waals surface area contributed by atoms with Gasteiger partial charge in [0.15, 0.2) is 6.23 Å². The van der Waals surface area contributed by atoms with Gasteiger partial charge in [-0.05, 0) is 25.0 Å². The minimum Gasteiger partial charge on any atom is -0.468 e. The van der Waals surface area contributed by atoms with Crippen molar-refractivity contribution in [3.63, 3.8) is 0 Å². The van der Waals surface area contributed by atoms with Crippen LogP contribution < -0.4 is 4.74 Å². The Morgan fingerprint density at radius 3 is 2.75 bits per heavy atom. The lowest BCUT2D eigenvalue weighted by molar-refractivity contribution is 0.112. The zero-order valence-electron chi connectivity index (χ0n) is 9.43. The van der Waals surface area contributed by atoms with E-state index in [1.807, 2.05) is 24.4 Å². The van der Waals surface area contributed by atoms with Gasteiger partial charge in [0.1, 0.15) is 5.75 Å². The van der Waals surface area contributed by atoms with Crippen LogP contribution in [0.25, 0.3) is 0 Å². The Kier molecular flexibility index (Phi) is 2.65. The number of rotatable bonds is 1. The molecule has 0 saturated heterocycles. The fourth-order valence-corrected chi connectivity index (χ4v) is 2.65. The molecule has 1 aromatic rings. The lowest BCUT2D eigenvalue weighted by atomic mass is 9.88. The predicted molar refractivity (Wildman–Crippen MR) is 65.0 cm³/mol. The van der Waals surface area contributed by atoms with Gasteiger partial charge in [-0.3, -0.25) is 0 Å². The standard InChI is InChI=1S/C14H17NO/c1-2-6-11(7-3-1)14-15-10-12-8-4-5-9-13(12)16-14/h4-5,8-11,14H,1-3,6-7H2. The van der Waals surface area contributed by atoms with Crippen molar-refractivity contribution in [3.05, 3.63) is 29.8 Å². The molecule has 1 unspecified atom stereocenters. The number of hydrogen-bond donors (Lipinski definition) is 0. The SMILES string of the molecule is C1=NC(C2CCCCC2)Oc2ccccc21. The zero-order chi connectivity index (χ0) is 10.8. The Hall–Kier alpha value is -1.31. The molecule has 1 aliphatic carbocycles. The van der Waals surface area contributed by atoms with E-state index in [2.05, 4.69) is 11.1 Å². The first kappa shape index (κ1) is 9.88. The van der Waals surface area contributed by atoms with Crippen LogP contribution in [0.5, 0.6) is 5.75 Å². The number of aliphatic imine (C=N–C) groups is 1. The molecule has 1 fully saturated rings. The van der Waals surface area contributed by atoms with Crippen LogP contribution in [0.3, 0.4) is 0 Å². The van der Waals surface area contributed by atoms with E-state index in [-0.39, 0.29) is 6.23 Å². The summed E-state index contributed by atoms with van der Waals surface area (Å²) in [5.74, 6) is 1.62. The fourth-order valence-electron chi connectivity index (χ4n) is 2.65. The maximum absolute atomic E-state index is 5.97. The summed E-state index contributed by atoms with van der Waals surface area (Å²) in [6.45, 7) is 0. The van der Waals surface area contributed by atoms with Crippen LogP contribution in [0, 0.1) is 5.92 Å². The Balaban J connectivity index is 1.77. The molecule has 1 aromatic carbocycles. The molecule has 1 saturated carbocycles. The van der Waals surface area contributed by atoms with E-state index in [4.69, 9.17) is 4.74 Å².